The molecule has 0 radical (unpaired) electrons. The van der Waals surface area contributed by atoms with Crippen molar-refractivity contribution in [2.75, 3.05) is 38.1 Å². The summed E-state index contributed by atoms with van der Waals surface area (Å²) >= 11 is 6.76. The molecule has 4 heterocycles. The fraction of sp³-hybridized carbons (Fsp3) is 0.280. The summed E-state index contributed by atoms with van der Waals surface area (Å²) < 4.78 is 2.05. The number of thiocarbonyl (C=S) groups is 1. The Kier molecular flexibility index (Phi) is 6.24. The highest BCUT2D eigenvalue weighted by Gasteiger charge is 2.33. The Balaban J connectivity index is 1.58. The number of aryl methyl sites for hydroxylation is 1. The van der Waals surface area contributed by atoms with Gasteiger partial charge in [-0.3, -0.25) is 18.9 Å². The highest BCUT2D eigenvalue weighted by molar-refractivity contribution is 8.26. The van der Waals surface area contributed by atoms with E-state index < -0.39 is 0 Å². The smallest absolute Gasteiger partial charge is 0.267 e. The first kappa shape index (κ1) is 22.8. The van der Waals surface area contributed by atoms with E-state index in [4.69, 9.17) is 17.2 Å². The summed E-state index contributed by atoms with van der Waals surface area (Å²) in [6.45, 7) is 5.65. The number of carbonyl (C=O) groups is 1. The first-order chi connectivity index (χ1) is 16.4. The number of anilines is 1. The lowest BCUT2D eigenvalue weighted by Gasteiger charge is -2.34. The molecule has 0 atom stereocenters. The second kappa shape index (κ2) is 9.32. The molecule has 0 unspecified atom stereocenters. The number of piperazine rings is 1. The number of carbonyl (C=O) groups excluding carboxylic acids is 1. The topological polar surface area (TPSA) is 61.2 Å². The van der Waals surface area contributed by atoms with Gasteiger partial charge in [0.05, 0.1) is 17.0 Å². The lowest BCUT2D eigenvalue weighted by atomic mass is 10.2. The van der Waals surface area contributed by atoms with Gasteiger partial charge in [-0.1, -0.05) is 60.4 Å². The van der Waals surface area contributed by atoms with Crippen LogP contribution in [-0.4, -0.2) is 62.6 Å². The molecule has 2 fully saturated rings. The Morgan fingerprint density at radius 2 is 1.79 bits per heavy atom. The third-order valence-electron chi connectivity index (χ3n) is 6.20. The molecule has 34 heavy (non-hydrogen) atoms. The van der Waals surface area contributed by atoms with Crippen molar-refractivity contribution < 1.29 is 4.79 Å². The van der Waals surface area contributed by atoms with Crippen LogP contribution in [0.2, 0.25) is 0 Å². The minimum atomic E-state index is -0.184. The number of fused-ring (bicyclic) bond motifs is 1. The predicted molar refractivity (Wildman–Crippen MR) is 141 cm³/mol. The van der Waals surface area contributed by atoms with Gasteiger partial charge in [-0.25, -0.2) is 4.98 Å². The fourth-order valence-corrected chi connectivity index (χ4v) is 5.46. The molecule has 2 saturated heterocycles. The van der Waals surface area contributed by atoms with Gasteiger partial charge in [0.1, 0.15) is 15.8 Å². The van der Waals surface area contributed by atoms with E-state index in [1.165, 1.54) is 11.8 Å². The van der Waals surface area contributed by atoms with Gasteiger partial charge in [0.25, 0.3) is 11.5 Å². The largest absolute Gasteiger partial charge is 0.353 e. The quantitative estimate of drug-likeness (QED) is 0.410. The van der Waals surface area contributed by atoms with E-state index in [0.29, 0.717) is 32.8 Å². The molecule has 0 aliphatic carbocycles. The van der Waals surface area contributed by atoms with Crippen molar-refractivity contribution in [2.45, 2.75) is 13.5 Å². The number of thioether (sulfide) groups is 1. The molecule has 2 aliphatic heterocycles. The van der Waals surface area contributed by atoms with Crippen LogP contribution in [0.15, 0.2) is 58.4 Å². The summed E-state index contributed by atoms with van der Waals surface area (Å²) in [4.78, 5) is 38.3. The van der Waals surface area contributed by atoms with Crippen LogP contribution in [-0.2, 0) is 11.3 Å². The number of benzene rings is 1. The maximum atomic E-state index is 13.6. The van der Waals surface area contributed by atoms with Crippen LogP contribution in [0.25, 0.3) is 11.7 Å². The average Bonchev–Trinajstić information content (AvgIpc) is 3.10. The Morgan fingerprint density at radius 3 is 2.53 bits per heavy atom. The van der Waals surface area contributed by atoms with E-state index >= 15 is 0 Å². The SMILES string of the molecule is Cc1cccn2c(=O)c(/C=C3\SC(=S)N(Cc4ccccc4)C3=O)c(N3CCN(C)CC3)nc12. The van der Waals surface area contributed by atoms with Gasteiger partial charge >= 0.3 is 0 Å². The van der Waals surface area contributed by atoms with E-state index in [-0.39, 0.29) is 11.5 Å². The number of pyridine rings is 1. The Morgan fingerprint density at radius 1 is 1.06 bits per heavy atom. The summed E-state index contributed by atoms with van der Waals surface area (Å²) in [7, 11) is 2.09. The van der Waals surface area contributed by atoms with Crippen LogP contribution >= 0.6 is 24.0 Å². The lowest BCUT2D eigenvalue weighted by Crippen LogP contribution is -2.45. The summed E-state index contributed by atoms with van der Waals surface area (Å²) in [6, 6.07) is 13.5. The van der Waals surface area contributed by atoms with Crippen molar-refractivity contribution >= 4 is 51.7 Å². The number of likely N-dealkylation sites (N-methyl/N-ethyl adjacent to an activating group) is 1. The Labute approximate surface area is 207 Å². The maximum Gasteiger partial charge on any atom is 0.267 e. The van der Waals surface area contributed by atoms with Crippen LogP contribution in [0.5, 0.6) is 0 Å². The summed E-state index contributed by atoms with van der Waals surface area (Å²) in [5.74, 6) is 0.442. The number of hydrogen-bond donors (Lipinski definition) is 0. The molecule has 2 aromatic heterocycles. The van der Waals surface area contributed by atoms with E-state index in [1.807, 2.05) is 49.4 Å². The number of rotatable bonds is 4. The fourth-order valence-electron chi connectivity index (χ4n) is 4.22. The number of nitrogens with zero attached hydrogens (tertiary/aromatic N) is 5. The van der Waals surface area contributed by atoms with E-state index in [9.17, 15) is 9.59 Å². The molecule has 5 rings (SSSR count). The van der Waals surface area contributed by atoms with Gasteiger partial charge in [-0.15, -0.1) is 0 Å². The van der Waals surface area contributed by atoms with Gasteiger partial charge in [0.15, 0.2) is 0 Å². The summed E-state index contributed by atoms with van der Waals surface area (Å²) in [5, 5.41) is 0. The van der Waals surface area contributed by atoms with Crippen LogP contribution in [0.3, 0.4) is 0 Å². The number of hydrogen-bond acceptors (Lipinski definition) is 7. The first-order valence-corrected chi connectivity index (χ1v) is 12.4. The number of amides is 1. The molecule has 0 bridgehead atoms. The Bertz CT molecular complexity index is 1360. The van der Waals surface area contributed by atoms with Gasteiger partial charge < -0.3 is 9.80 Å². The van der Waals surface area contributed by atoms with Crippen molar-refractivity contribution in [1.29, 1.82) is 0 Å². The standard InChI is InChI=1S/C25H25N5O2S2/c1-17-7-6-10-29-21(17)26-22(28-13-11-27(2)12-14-28)19(23(29)31)15-20-24(32)30(25(33)34-20)16-18-8-4-3-5-9-18/h3-10,15H,11-14,16H2,1-2H3/b20-15-. The van der Waals surface area contributed by atoms with E-state index in [2.05, 4.69) is 16.8 Å². The van der Waals surface area contributed by atoms with Crippen molar-refractivity contribution in [3.05, 3.63) is 80.6 Å². The first-order valence-electron chi connectivity index (χ1n) is 11.2. The van der Waals surface area contributed by atoms with Crippen molar-refractivity contribution in [3.63, 3.8) is 0 Å². The molecule has 0 spiro atoms. The molecule has 174 valence electrons. The van der Waals surface area contributed by atoms with Gasteiger partial charge in [0, 0.05) is 32.4 Å². The second-order valence-corrected chi connectivity index (χ2v) is 10.3. The van der Waals surface area contributed by atoms with Crippen LogP contribution in [0.4, 0.5) is 5.82 Å². The average molecular weight is 492 g/mol. The zero-order chi connectivity index (χ0) is 23.8. The zero-order valence-corrected chi connectivity index (χ0v) is 20.7. The van der Waals surface area contributed by atoms with E-state index in [0.717, 1.165) is 37.3 Å². The Hall–Kier alpha value is -3.01. The van der Waals surface area contributed by atoms with Crippen LogP contribution in [0, 0.1) is 6.92 Å². The van der Waals surface area contributed by atoms with Gasteiger partial charge in [-0.05, 0) is 37.2 Å². The monoisotopic (exact) mass is 491 g/mol. The highest BCUT2D eigenvalue weighted by Crippen LogP contribution is 2.34. The van der Waals surface area contributed by atoms with Crippen molar-refractivity contribution in [1.82, 2.24) is 19.2 Å². The highest BCUT2D eigenvalue weighted by atomic mass is 32.2. The molecule has 1 aromatic carbocycles. The van der Waals surface area contributed by atoms with Crippen molar-refractivity contribution in [3.8, 4) is 0 Å². The van der Waals surface area contributed by atoms with E-state index in [1.54, 1.807) is 21.6 Å². The molecular weight excluding hydrogens is 466 g/mol. The maximum absolute atomic E-state index is 13.6. The second-order valence-electron chi connectivity index (χ2n) is 8.58. The van der Waals surface area contributed by atoms with Crippen LogP contribution in [0.1, 0.15) is 16.7 Å². The minimum Gasteiger partial charge on any atom is -0.353 e. The third kappa shape index (κ3) is 4.26. The molecule has 0 N–H and O–H groups in total. The lowest BCUT2D eigenvalue weighted by molar-refractivity contribution is -0.122. The van der Waals surface area contributed by atoms with Crippen LogP contribution < -0.4 is 10.5 Å². The molecule has 0 saturated carbocycles. The molecule has 2 aliphatic rings. The molecule has 1 amide bonds. The minimum absolute atomic E-state index is 0.183. The van der Waals surface area contributed by atoms with Gasteiger partial charge in [-0.2, -0.15) is 0 Å². The molecule has 9 heteroatoms. The summed E-state index contributed by atoms with van der Waals surface area (Å²) in [6.07, 6.45) is 3.41. The molecular formula is C25H25N5O2S2. The molecule has 7 nitrogen and oxygen atoms in total. The van der Waals surface area contributed by atoms with Crippen molar-refractivity contribution in [2.24, 2.45) is 0 Å². The number of aromatic nitrogens is 2. The predicted octanol–water partition coefficient (Wildman–Crippen LogP) is 3.16. The summed E-state index contributed by atoms with van der Waals surface area (Å²) in [5.41, 5.74) is 2.80. The normalized spacial score (nSPS) is 18.5. The molecule has 3 aromatic rings. The van der Waals surface area contributed by atoms with Gasteiger partial charge in [0.2, 0.25) is 0 Å². The third-order valence-corrected chi connectivity index (χ3v) is 7.58. The zero-order valence-electron chi connectivity index (χ0n) is 19.1.